The van der Waals surface area contributed by atoms with E-state index in [1.807, 2.05) is 25.1 Å². The SMILES string of the molecule is CCc1cccc2c(C(C)C(=O)OC)cc(Cl)nc12. The van der Waals surface area contributed by atoms with Crippen molar-refractivity contribution in [3.05, 3.63) is 40.5 Å². The number of pyridine rings is 1. The Balaban J connectivity index is 2.70. The van der Waals surface area contributed by atoms with Gasteiger partial charge in [0.1, 0.15) is 5.15 Å². The molecular weight excluding hydrogens is 262 g/mol. The van der Waals surface area contributed by atoms with Crippen molar-refractivity contribution < 1.29 is 9.53 Å². The molecule has 4 heteroatoms. The molecule has 0 aliphatic rings. The largest absolute Gasteiger partial charge is 0.469 e. The molecule has 2 aromatic rings. The van der Waals surface area contributed by atoms with Gasteiger partial charge in [-0.15, -0.1) is 0 Å². The first kappa shape index (κ1) is 13.8. The van der Waals surface area contributed by atoms with Crippen LogP contribution in [0.15, 0.2) is 24.3 Å². The van der Waals surface area contributed by atoms with E-state index in [4.69, 9.17) is 16.3 Å². The highest BCUT2D eigenvalue weighted by molar-refractivity contribution is 6.30. The highest BCUT2D eigenvalue weighted by atomic mass is 35.5. The van der Waals surface area contributed by atoms with Crippen molar-refractivity contribution >= 4 is 28.5 Å². The molecule has 100 valence electrons. The molecule has 0 saturated carbocycles. The molecule has 2 rings (SSSR count). The third-order valence-corrected chi connectivity index (χ3v) is 3.52. The van der Waals surface area contributed by atoms with Gasteiger partial charge in [-0.25, -0.2) is 4.98 Å². The van der Waals surface area contributed by atoms with Crippen LogP contribution in [0, 0.1) is 0 Å². The number of rotatable bonds is 3. The predicted octanol–water partition coefficient (Wildman–Crippen LogP) is 3.73. The number of nitrogens with zero attached hydrogens (tertiary/aromatic N) is 1. The summed E-state index contributed by atoms with van der Waals surface area (Å²) >= 11 is 6.08. The molecule has 1 atom stereocenters. The number of carbonyl (C=O) groups is 1. The molecule has 1 heterocycles. The molecular formula is C15H16ClNO2. The maximum atomic E-state index is 11.7. The normalized spacial score (nSPS) is 12.4. The first-order chi connectivity index (χ1) is 9.08. The minimum Gasteiger partial charge on any atom is -0.469 e. The number of aryl methyl sites for hydroxylation is 1. The highest BCUT2D eigenvalue weighted by Crippen LogP contribution is 2.29. The minimum absolute atomic E-state index is 0.273. The van der Waals surface area contributed by atoms with E-state index in [1.165, 1.54) is 7.11 Å². The summed E-state index contributed by atoms with van der Waals surface area (Å²) in [5.74, 6) is -0.634. The first-order valence-corrected chi connectivity index (χ1v) is 6.62. The van der Waals surface area contributed by atoms with Crippen molar-refractivity contribution in [1.82, 2.24) is 4.98 Å². The summed E-state index contributed by atoms with van der Waals surface area (Å²) in [5, 5.41) is 1.36. The Hall–Kier alpha value is -1.61. The topological polar surface area (TPSA) is 39.2 Å². The average Bonchev–Trinajstić information content (AvgIpc) is 2.44. The number of fused-ring (bicyclic) bond motifs is 1. The molecule has 19 heavy (non-hydrogen) atoms. The first-order valence-electron chi connectivity index (χ1n) is 6.24. The number of ether oxygens (including phenoxy) is 1. The van der Waals surface area contributed by atoms with Crippen LogP contribution in [0.5, 0.6) is 0 Å². The van der Waals surface area contributed by atoms with Crippen molar-refractivity contribution in [3.63, 3.8) is 0 Å². The third-order valence-electron chi connectivity index (χ3n) is 3.33. The number of hydrogen-bond donors (Lipinski definition) is 0. The van der Waals surface area contributed by atoms with Gasteiger partial charge in [0.25, 0.3) is 0 Å². The standard InChI is InChI=1S/C15H16ClNO2/c1-4-10-6-5-7-11-12(9(2)15(18)19-3)8-13(16)17-14(10)11/h5-9H,4H2,1-3H3. The average molecular weight is 278 g/mol. The van der Waals surface area contributed by atoms with Crippen LogP contribution in [0.2, 0.25) is 5.15 Å². The van der Waals surface area contributed by atoms with Gasteiger partial charge in [-0.1, -0.05) is 36.7 Å². The summed E-state index contributed by atoms with van der Waals surface area (Å²) in [7, 11) is 1.39. The minimum atomic E-state index is -0.361. The predicted molar refractivity (Wildman–Crippen MR) is 76.6 cm³/mol. The second-order valence-corrected chi connectivity index (χ2v) is 4.83. The Morgan fingerprint density at radius 3 is 2.84 bits per heavy atom. The molecule has 1 aromatic carbocycles. The summed E-state index contributed by atoms with van der Waals surface area (Å²) in [6.45, 7) is 3.89. The van der Waals surface area contributed by atoms with Crippen LogP contribution in [0.4, 0.5) is 0 Å². The van der Waals surface area contributed by atoms with Gasteiger partial charge < -0.3 is 4.74 Å². The number of carbonyl (C=O) groups excluding carboxylic acids is 1. The zero-order valence-electron chi connectivity index (χ0n) is 11.2. The number of esters is 1. The summed E-state index contributed by atoms with van der Waals surface area (Å²) in [6, 6.07) is 7.71. The van der Waals surface area contributed by atoms with E-state index < -0.39 is 0 Å². The van der Waals surface area contributed by atoms with E-state index in [0.717, 1.165) is 28.5 Å². The fourth-order valence-corrected chi connectivity index (χ4v) is 2.45. The molecule has 0 aliphatic heterocycles. The Morgan fingerprint density at radius 1 is 1.47 bits per heavy atom. The molecule has 1 aromatic heterocycles. The van der Waals surface area contributed by atoms with Crippen LogP contribution in [-0.4, -0.2) is 18.1 Å². The lowest BCUT2D eigenvalue weighted by Crippen LogP contribution is -2.11. The third kappa shape index (κ3) is 2.56. The molecule has 1 unspecified atom stereocenters. The quantitative estimate of drug-likeness (QED) is 0.634. The summed E-state index contributed by atoms with van der Waals surface area (Å²) in [6.07, 6.45) is 0.872. The van der Waals surface area contributed by atoms with Gasteiger partial charge in [-0.3, -0.25) is 4.79 Å². The zero-order valence-corrected chi connectivity index (χ0v) is 12.0. The van der Waals surface area contributed by atoms with Gasteiger partial charge >= 0.3 is 5.97 Å². The molecule has 0 bridgehead atoms. The van der Waals surface area contributed by atoms with E-state index in [1.54, 1.807) is 6.07 Å². The lowest BCUT2D eigenvalue weighted by molar-refractivity contribution is -0.141. The van der Waals surface area contributed by atoms with E-state index in [0.29, 0.717) is 5.15 Å². The lowest BCUT2D eigenvalue weighted by atomic mass is 9.95. The Bertz CT molecular complexity index is 625. The van der Waals surface area contributed by atoms with Crippen LogP contribution in [-0.2, 0) is 16.0 Å². The Labute approximate surface area is 117 Å². The van der Waals surface area contributed by atoms with E-state index in [9.17, 15) is 4.79 Å². The second-order valence-electron chi connectivity index (χ2n) is 4.45. The smallest absolute Gasteiger partial charge is 0.312 e. The zero-order chi connectivity index (χ0) is 14.0. The fraction of sp³-hybridized carbons (Fsp3) is 0.333. The maximum Gasteiger partial charge on any atom is 0.312 e. The van der Waals surface area contributed by atoms with Gasteiger partial charge in [-0.05, 0) is 30.5 Å². The fourth-order valence-electron chi connectivity index (χ4n) is 2.25. The molecule has 3 nitrogen and oxygen atoms in total. The van der Waals surface area contributed by atoms with Crippen LogP contribution < -0.4 is 0 Å². The summed E-state index contributed by atoms with van der Waals surface area (Å²) in [5.41, 5.74) is 2.85. The lowest BCUT2D eigenvalue weighted by Gasteiger charge is -2.14. The number of aromatic nitrogens is 1. The molecule has 0 spiro atoms. The molecule has 0 aliphatic carbocycles. The number of methoxy groups -OCH3 is 1. The highest BCUT2D eigenvalue weighted by Gasteiger charge is 2.20. The van der Waals surface area contributed by atoms with Crippen molar-refractivity contribution in [3.8, 4) is 0 Å². The summed E-state index contributed by atoms with van der Waals surface area (Å²) in [4.78, 5) is 16.1. The van der Waals surface area contributed by atoms with Gasteiger partial charge in [-0.2, -0.15) is 0 Å². The molecule has 0 fully saturated rings. The van der Waals surface area contributed by atoms with Crippen LogP contribution in [0.25, 0.3) is 10.9 Å². The van der Waals surface area contributed by atoms with Crippen molar-refractivity contribution in [2.24, 2.45) is 0 Å². The van der Waals surface area contributed by atoms with Gasteiger partial charge in [0.15, 0.2) is 0 Å². The number of benzene rings is 1. The second kappa shape index (κ2) is 5.57. The molecule has 0 saturated heterocycles. The van der Waals surface area contributed by atoms with Gasteiger partial charge in [0, 0.05) is 5.39 Å². The molecule has 0 radical (unpaired) electrons. The summed E-state index contributed by atoms with van der Waals surface area (Å²) < 4.78 is 4.81. The Morgan fingerprint density at radius 2 is 2.21 bits per heavy atom. The van der Waals surface area contributed by atoms with Gasteiger partial charge in [0.2, 0.25) is 0 Å². The molecule has 0 amide bonds. The Kier molecular flexibility index (Phi) is 4.05. The molecule has 0 N–H and O–H groups in total. The maximum absolute atomic E-state index is 11.7. The van der Waals surface area contributed by atoms with Gasteiger partial charge in [0.05, 0.1) is 18.5 Å². The van der Waals surface area contributed by atoms with Crippen molar-refractivity contribution in [2.45, 2.75) is 26.2 Å². The van der Waals surface area contributed by atoms with Crippen LogP contribution >= 0.6 is 11.6 Å². The van der Waals surface area contributed by atoms with E-state index >= 15 is 0 Å². The number of halogens is 1. The van der Waals surface area contributed by atoms with Crippen LogP contribution in [0.1, 0.15) is 30.9 Å². The van der Waals surface area contributed by atoms with Crippen LogP contribution in [0.3, 0.4) is 0 Å². The van der Waals surface area contributed by atoms with E-state index in [-0.39, 0.29) is 11.9 Å². The number of para-hydroxylation sites is 1. The monoisotopic (exact) mass is 277 g/mol. The van der Waals surface area contributed by atoms with E-state index in [2.05, 4.69) is 11.9 Å². The number of hydrogen-bond acceptors (Lipinski definition) is 3. The van der Waals surface area contributed by atoms with Crippen molar-refractivity contribution in [2.75, 3.05) is 7.11 Å². The van der Waals surface area contributed by atoms with Crippen molar-refractivity contribution in [1.29, 1.82) is 0 Å².